The summed E-state index contributed by atoms with van der Waals surface area (Å²) in [5.41, 5.74) is 2.06. The lowest BCUT2D eigenvalue weighted by Crippen LogP contribution is -2.49. The first-order valence-corrected chi connectivity index (χ1v) is 12.2. The largest absolute Gasteiger partial charge is 0.352 e. The Hall–Kier alpha value is -2.85. The molecule has 1 aliphatic rings. The fourth-order valence-electron chi connectivity index (χ4n) is 4.70. The SMILES string of the molecule is C[C@@H](C(=O)NC1CCCC1)N(Cc1cccc(Cl)c1)C(=O)CCc1cccc2ccccc12. The third-order valence-corrected chi connectivity index (χ3v) is 6.83. The third kappa shape index (κ3) is 5.94. The molecule has 1 saturated carbocycles. The molecule has 4 rings (SSSR count). The van der Waals surface area contributed by atoms with Crippen LogP contribution in [0.25, 0.3) is 10.8 Å². The van der Waals surface area contributed by atoms with Gasteiger partial charge in [-0.25, -0.2) is 0 Å². The molecule has 0 radical (unpaired) electrons. The normalized spacial score (nSPS) is 14.8. The zero-order chi connectivity index (χ0) is 23.2. The van der Waals surface area contributed by atoms with Crippen molar-refractivity contribution in [3.8, 4) is 0 Å². The van der Waals surface area contributed by atoms with E-state index in [4.69, 9.17) is 11.6 Å². The van der Waals surface area contributed by atoms with E-state index in [1.54, 1.807) is 4.90 Å². The van der Waals surface area contributed by atoms with Crippen molar-refractivity contribution >= 4 is 34.2 Å². The second-order valence-corrected chi connectivity index (χ2v) is 9.39. The Morgan fingerprint density at radius 2 is 1.76 bits per heavy atom. The maximum Gasteiger partial charge on any atom is 0.242 e. The summed E-state index contributed by atoms with van der Waals surface area (Å²) in [7, 11) is 0. The smallest absolute Gasteiger partial charge is 0.242 e. The van der Waals surface area contributed by atoms with E-state index in [9.17, 15) is 9.59 Å². The number of carbonyl (C=O) groups excluding carboxylic acids is 2. The lowest BCUT2D eigenvalue weighted by atomic mass is 10.0. The lowest BCUT2D eigenvalue weighted by Gasteiger charge is -2.30. The Balaban J connectivity index is 1.50. The van der Waals surface area contributed by atoms with Crippen molar-refractivity contribution in [2.75, 3.05) is 0 Å². The van der Waals surface area contributed by atoms with Crippen LogP contribution in [0.3, 0.4) is 0 Å². The molecule has 2 amide bonds. The van der Waals surface area contributed by atoms with Gasteiger partial charge in [-0.15, -0.1) is 0 Å². The molecule has 0 unspecified atom stereocenters. The molecule has 3 aromatic rings. The molecule has 0 saturated heterocycles. The van der Waals surface area contributed by atoms with E-state index in [1.807, 2.05) is 49.4 Å². The highest BCUT2D eigenvalue weighted by Crippen LogP contribution is 2.22. The molecule has 0 aliphatic heterocycles. The van der Waals surface area contributed by atoms with Gasteiger partial charge in [-0.1, -0.05) is 79.0 Å². The molecule has 4 nitrogen and oxygen atoms in total. The van der Waals surface area contributed by atoms with Crippen molar-refractivity contribution in [2.24, 2.45) is 0 Å². The van der Waals surface area contributed by atoms with E-state index >= 15 is 0 Å². The Kier molecular flexibility index (Phi) is 7.66. The van der Waals surface area contributed by atoms with E-state index in [0.717, 1.165) is 36.8 Å². The maximum absolute atomic E-state index is 13.4. The number of halogens is 1. The number of nitrogens with one attached hydrogen (secondary N) is 1. The van der Waals surface area contributed by atoms with Gasteiger partial charge in [-0.05, 0) is 60.2 Å². The first-order valence-electron chi connectivity index (χ1n) is 11.8. The van der Waals surface area contributed by atoms with E-state index in [2.05, 4.69) is 29.6 Å². The summed E-state index contributed by atoms with van der Waals surface area (Å²) in [5, 5.41) is 6.11. The summed E-state index contributed by atoms with van der Waals surface area (Å²) >= 11 is 6.18. The predicted octanol–water partition coefficient (Wildman–Crippen LogP) is 5.90. The van der Waals surface area contributed by atoms with Gasteiger partial charge < -0.3 is 10.2 Å². The highest BCUT2D eigenvalue weighted by molar-refractivity contribution is 6.30. The zero-order valence-corrected chi connectivity index (χ0v) is 19.9. The second-order valence-electron chi connectivity index (χ2n) is 8.96. The minimum atomic E-state index is -0.551. The molecular weight excluding hydrogens is 432 g/mol. The van der Waals surface area contributed by atoms with Crippen molar-refractivity contribution in [1.82, 2.24) is 10.2 Å². The number of hydrogen-bond acceptors (Lipinski definition) is 2. The minimum absolute atomic E-state index is 0.0306. The fraction of sp³-hybridized carbons (Fsp3) is 0.357. The van der Waals surface area contributed by atoms with Gasteiger partial charge in [0.1, 0.15) is 6.04 Å². The van der Waals surface area contributed by atoms with Crippen molar-refractivity contribution < 1.29 is 9.59 Å². The Morgan fingerprint density at radius 3 is 2.55 bits per heavy atom. The van der Waals surface area contributed by atoms with Gasteiger partial charge >= 0.3 is 0 Å². The number of fused-ring (bicyclic) bond motifs is 1. The second kappa shape index (κ2) is 10.8. The average Bonchev–Trinajstić information content (AvgIpc) is 3.33. The van der Waals surface area contributed by atoms with Crippen LogP contribution in [0.2, 0.25) is 5.02 Å². The number of hydrogen-bond donors (Lipinski definition) is 1. The summed E-state index contributed by atoms with van der Waals surface area (Å²) in [6.07, 6.45) is 5.30. The fourth-order valence-corrected chi connectivity index (χ4v) is 4.92. The zero-order valence-electron chi connectivity index (χ0n) is 19.1. The van der Waals surface area contributed by atoms with Crippen molar-refractivity contribution in [1.29, 1.82) is 0 Å². The molecular formula is C28H31ClN2O2. The van der Waals surface area contributed by atoms with Crippen LogP contribution < -0.4 is 5.32 Å². The van der Waals surface area contributed by atoms with Crippen molar-refractivity contribution in [3.05, 3.63) is 82.9 Å². The van der Waals surface area contributed by atoms with Crippen LogP contribution in [0.1, 0.15) is 50.2 Å². The molecule has 0 bridgehead atoms. The quantitative estimate of drug-likeness (QED) is 0.453. The Bertz CT molecular complexity index is 1120. The van der Waals surface area contributed by atoms with Crippen LogP contribution in [-0.2, 0) is 22.6 Å². The Labute approximate surface area is 200 Å². The van der Waals surface area contributed by atoms with Crippen LogP contribution in [0.15, 0.2) is 66.7 Å². The molecule has 1 N–H and O–H groups in total. The molecule has 3 aromatic carbocycles. The van der Waals surface area contributed by atoms with Crippen LogP contribution in [-0.4, -0.2) is 28.8 Å². The summed E-state index contributed by atoms with van der Waals surface area (Å²) in [6, 6.07) is 21.6. The monoisotopic (exact) mass is 462 g/mol. The van der Waals surface area contributed by atoms with Crippen LogP contribution in [0.5, 0.6) is 0 Å². The number of aryl methyl sites for hydroxylation is 1. The van der Waals surface area contributed by atoms with Gasteiger partial charge in [-0.3, -0.25) is 9.59 Å². The highest BCUT2D eigenvalue weighted by Gasteiger charge is 2.28. The van der Waals surface area contributed by atoms with Gasteiger partial charge in [0, 0.05) is 24.0 Å². The van der Waals surface area contributed by atoms with Gasteiger partial charge in [0.2, 0.25) is 11.8 Å². The van der Waals surface area contributed by atoms with E-state index in [1.165, 1.54) is 10.8 Å². The van der Waals surface area contributed by atoms with E-state index < -0.39 is 6.04 Å². The molecule has 172 valence electrons. The van der Waals surface area contributed by atoms with Crippen molar-refractivity contribution in [3.63, 3.8) is 0 Å². The van der Waals surface area contributed by atoms with Crippen LogP contribution in [0, 0.1) is 0 Å². The number of amides is 2. The number of carbonyl (C=O) groups is 2. The molecule has 0 aromatic heterocycles. The van der Waals surface area contributed by atoms with Crippen LogP contribution in [0.4, 0.5) is 0 Å². The van der Waals surface area contributed by atoms with Gasteiger partial charge in [-0.2, -0.15) is 0 Å². The summed E-state index contributed by atoms with van der Waals surface area (Å²) in [4.78, 5) is 28.2. The molecule has 0 spiro atoms. The van der Waals surface area contributed by atoms with E-state index in [-0.39, 0.29) is 17.9 Å². The van der Waals surface area contributed by atoms with Crippen LogP contribution >= 0.6 is 11.6 Å². The lowest BCUT2D eigenvalue weighted by molar-refractivity contribution is -0.140. The molecule has 1 atom stereocenters. The molecule has 33 heavy (non-hydrogen) atoms. The predicted molar refractivity (Wildman–Crippen MR) is 134 cm³/mol. The first kappa shape index (κ1) is 23.3. The van der Waals surface area contributed by atoms with Gasteiger partial charge in [0.25, 0.3) is 0 Å². The maximum atomic E-state index is 13.4. The summed E-state index contributed by atoms with van der Waals surface area (Å²) in [6.45, 7) is 2.18. The third-order valence-electron chi connectivity index (χ3n) is 6.60. The summed E-state index contributed by atoms with van der Waals surface area (Å²) < 4.78 is 0. The minimum Gasteiger partial charge on any atom is -0.352 e. The Morgan fingerprint density at radius 1 is 1.03 bits per heavy atom. The summed E-state index contributed by atoms with van der Waals surface area (Å²) in [5.74, 6) is -0.112. The highest BCUT2D eigenvalue weighted by atomic mass is 35.5. The number of nitrogens with zero attached hydrogens (tertiary/aromatic N) is 1. The molecule has 5 heteroatoms. The molecule has 1 aliphatic carbocycles. The van der Waals surface area contributed by atoms with Crippen molar-refractivity contribution in [2.45, 2.75) is 64.1 Å². The van der Waals surface area contributed by atoms with E-state index in [0.29, 0.717) is 24.4 Å². The van der Waals surface area contributed by atoms with Gasteiger partial charge in [0.05, 0.1) is 0 Å². The molecule has 0 heterocycles. The number of benzene rings is 3. The average molecular weight is 463 g/mol. The first-order chi connectivity index (χ1) is 16.0. The standard InChI is InChI=1S/C28H31ClN2O2/c1-20(28(33)30-25-13-3-4-14-25)31(19-21-8-6-12-24(29)18-21)27(32)17-16-23-11-7-10-22-9-2-5-15-26(22)23/h2,5-12,15,18,20,25H,3-4,13-14,16-17,19H2,1H3,(H,30,33)/t20-/m0/s1. The molecule has 1 fully saturated rings. The van der Waals surface area contributed by atoms with Gasteiger partial charge in [0.15, 0.2) is 0 Å². The topological polar surface area (TPSA) is 49.4 Å². The number of rotatable bonds is 8.